The van der Waals surface area contributed by atoms with Crippen LogP contribution in [0.4, 0.5) is 0 Å². The number of hydrogen-bond acceptors (Lipinski definition) is 4. The van der Waals surface area contributed by atoms with Crippen molar-refractivity contribution in [1.82, 2.24) is 0 Å². The zero-order valence-electron chi connectivity index (χ0n) is 16.7. The monoisotopic (exact) mass is 370 g/mol. The van der Waals surface area contributed by atoms with Crippen molar-refractivity contribution in [2.75, 3.05) is 35.0 Å². The Kier molecular flexibility index (Phi) is 5.89. The normalized spacial score (nSPS) is 15.6. The molecule has 1 unspecified atom stereocenters. The molecular formula is C22H28NO4+. The average molecular weight is 370 g/mol. The molecule has 1 atom stereocenters. The summed E-state index contributed by atoms with van der Waals surface area (Å²) in [5.41, 5.74) is 3.63. The zero-order chi connectivity index (χ0) is 19.4. The molecule has 2 aromatic carbocycles. The van der Waals surface area contributed by atoms with Crippen LogP contribution in [0, 0.1) is 0 Å². The molecule has 1 heterocycles. The maximum atomic E-state index is 5.51. The van der Waals surface area contributed by atoms with Gasteiger partial charge < -0.3 is 18.9 Å². The molecule has 0 N–H and O–H groups in total. The number of methoxy groups -OCH3 is 4. The van der Waals surface area contributed by atoms with Gasteiger partial charge in [0.15, 0.2) is 35.3 Å². The molecule has 0 saturated carbocycles. The van der Waals surface area contributed by atoms with Gasteiger partial charge in [0.05, 0.1) is 28.4 Å². The summed E-state index contributed by atoms with van der Waals surface area (Å²) >= 11 is 0. The molecule has 27 heavy (non-hydrogen) atoms. The van der Waals surface area contributed by atoms with E-state index >= 15 is 0 Å². The van der Waals surface area contributed by atoms with E-state index in [-0.39, 0.29) is 6.04 Å². The third kappa shape index (κ3) is 3.72. The lowest BCUT2D eigenvalue weighted by molar-refractivity contribution is -0.569. The molecule has 5 nitrogen and oxygen atoms in total. The SMILES string of the molecule is CCC[N+]1=Cc2cc(OC)c(OC)cc2CC1c1ccc(OC)c(OC)c1. The average Bonchev–Trinajstić information content (AvgIpc) is 2.71. The van der Waals surface area contributed by atoms with E-state index in [1.54, 1.807) is 28.4 Å². The van der Waals surface area contributed by atoms with Gasteiger partial charge in [0, 0.05) is 24.0 Å². The highest BCUT2D eigenvalue weighted by Gasteiger charge is 2.30. The van der Waals surface area contributed by atoms with Gasteiger partial charge in [-0.2, -0.15) is 0 Å². The largest absolute Gasteiger partial charge is 0.493 e. The summed E-state index contributed by atoms with van der Waals surface area (Å²) in [5.74, 6) is 3.02. The summed E-state index contributed by atoms with van der Waals surface area (Å²) in [6.45, 7) is 3.18. The summed E-state index contributed by atoms with van der Waals surface area (Å²) in [6, 6.07) is 10.5. The van der Waals surface area contributed by atoms with Gasteiger partial charge in [-0.1, -0.05) is 6.92 Å². The van der Waals surface area contributed by atoms with Crippen molar-refractivity contribution in [3.8, 4) is 23.0 Å². The van der Waals surface area contributed by atoms with Crippen molar-refractivity contribution in [2.24, 2.45) is 0 Å². The first-order chi connectivity index (χ1) is 13.1. The van der Waals surface area contributed by atoms with Gasteiger partial charge >= 0.3 is 0 Å². The van der Waals surface area contributed by atoms with Gasteiger partial charge in [-0.25, -0.2) is 4.58 Å². The lowest BCUT2D eigenvalue weighted by atomic mass is 9.91. The molecule has 0 spiro atoms. The fraction of sp³-hybridized carbons (Fsp3) is 0.409. The van der Waals surface area contributed by atoms with Gasteiger partial charge in [-0.15, -0.1) is 0 Å². The second-order valence-corrected chi connectivity index (χ2v) is 6.61. The van der Waals surface area contributed by atoms with Crippen LogP contribution in [0.15, 0.2) is 30.3 Å². The van der Waals surface area contributed by atoms with E-state index in [1.165, 1.54) is 16.7 Å². The van der Waals surface area contributed by atoms with Crippen molar-refractivity contribution in [1.29, 1.82) is 0 Å². The molecule has 1 aliphatic rings. The first-order valence-electron chi connectivity index (χ1n) is 9.22. The highest BCUT2D eigenvalue weighted by molar-refractivity contribution is 5.81. The molecule has 0 bridgehead atoms. The number of nitrogens with zero attached hydrogens (tertiary/aromatic N) is 1. The first-order valence-corrected chi connectivity index (χ1v) is 9.22. The van der Waals surface area contributed by atoms with E-state index in [9.17, 15) is 0 Å². The minimum Gasteiger partial charge on any atom is -0.493 e. The van der Waals surface area contributed by atoms with Gasteiger partial charge in [-0.3, -0.25) is 0 Å². The Morgan fingerprint density at radius 2 is 1.48 bits per heavy atom. The molecule has 0 amide bonds. The Bertz CT molecular complexity index is 844. The minimum absolute atomic E-state index is 0.232. The quantitative estimate of drug-likeness (QED) is 0.694. The Morgan fingerprint density at radius 3 is 2.11 bits per heavy atom. The summed E-state index contributed by atoms with van der Waals surface area (Å²) in [6.07, 6.45) is 4.19. The van der Waals surface area contributed by atoms with Crippen molar-refractivity contribution < 1.29 is 23.5 Å². The van der Waals surface area contributed by atoms with E-state index in [4.69, 9.17) is 18.9 Å². The maximum Gasteiger partial charge on any atom is 0.182 e. The summed E-state index contributed by atoms with van der Waals surface area (Å²) in [4.78, 5) is 0. The molecule has 2 aromatic rings. The number of fused-ring (bicyclic) bond motifs is 1. The molecule has 1 aliphatic heterocycles. The zero-order valence-corrected chi connectivity index (χ0v) is 16.7. The summed E-state index contributed by atoms with van der Waals surface area (Å²) in [5, 5.41) is 0. The highest BCUT2D eigenvalue weighted by atomic mass is 16.5. The second-order valence-electron chi connectivity index (χ2n) is 6.61. The van der Waals surface area contributed by atoms with Crippen molar-refractivity contribution in [2.45, 2.75) is 25.8 Å². The van der Waals surface area contributed by atoms with Crippen LogP contribution in [0.2, 0.25) is 0 Å². The Hall–Kier alpha value is -2.69. The third-order valence-electron chi connectivity index (χ3n) is 5.04. The number of hydrogen-bond donors (Lipinski definition) is 0. The third-order valence-corrected chi connectivity index (χ3v) is 5.04. The number of ether oxygens (including phenoxy) is 4. The lowest BCUT2D eigenvalue weighted by Crippen LogP contribution is -2.28. The van der Waals surface area contributed by atoms with E-state index in [0.29, 0.717) is 0 Å². The molecule has 0 aromatic heterocycles. The smallest absolute Gasteiger partial charge is 0.182 e. The van der Waals surface area contributed by atoms with Gasteiger partial charge in [0.1, 0.15) is 6.54 Å². The minimum atomic E-state index is 0.232. The predicted molar refractivity (Wildman–Crippen MR) is 106 cm³/mol. The molecular weight excluding hydrogens is 342 g/mol. The molecule has 3 rings (SSSR count). The van der Waals surface area contributed by atoms with Crippen LogP contribution < -0.4 is 18.9 Å². The molecule has 0 fully saturated rings. The fourth-order valence-electron chi connectivity index (χ4n) is 3.68. The molecule has 144 valence electrons. The van der Waals surface area contributed by atoms with Gasteiger partial charge in [0.25, 0.3) is 0 Å². The second kappa shape index (κ2) is 8.33. The Morgan fingerprint density at radius 1 is 0.852 bits per heavy atom. The van der Waals surface area contributed by atoms with Gasteiger partial charge in [0.2, 0.25) is 0 Å². The van der Waals surface area contributed by atoms with E-state index in [2.05, 4.69) is 42.0 Å². The van der Waals surface area contributed by atoms with Crippen LogP contribution in [-0.2, 0) is 6.42 Å². The summed E-state index contributed by atoms with van der Waals surface area (Å²) in [7, 11) is 6.67. The fourth-order valence-corrected chi connectivity index (χ4v) is 3.68. The molecule has 0 aliphatic carbocycles. The standard InChI is InChI=1S/C22H28NO4/c1-6-9-23-14-17-13-22(27-5)21(26-4)12-16(17)10-18(23)15-7-8-19(24-2)20(11-15)25-3/h7-8,11-14,18H,6,9-10H2,1-5H3/q+1. The van der Waals surface area contributed by atoms with Crippen molar-refractivity contribution in [3.63, 3.8) is 0 Å². The molecule has 0 saturated heterocycles. The van der Waals surface area contributed by atoms with E-state index < -0.39 is 0 Å². The predicted octanol–water partition coefficient (Wildman–Crippen LogP) is 3.86. The van der Waals surface area contributed by atoms with Crippen LogP contribution in [-0.4, -0.2) is 45.8 Å². The highest BCUT2D eigenvalue weighted by Crippen LogP contribution is 2.37. The number of benzene rings is 2. The number of rotatable bonds is 7. The molecule has 5 heteroatoms. The van der Waals surface area contributed by atoms with Crippen molar-refractivity contribution >= 4 is 6.21 Å². The summed E-state index contributed by atoms with van der Waals surface area (Å²) < 4.78 is 24.3. The Balaban J connectivity index is 2.06. The molecule has 0 radical (unpaired) electrons. The van der Waals surface area contributed by atoms with Crippen LogP contribution >= 0.6 is 0 Å². The van der Waals surface area contributed by atoms with Crippen LogP contribution in [0.5, 0.6) is 23.0 Å². The van der Waals surface area contributed by atoms with Crippen LogP contribution in [0.25, 0.3) is 0 Å². The van der Waals surface area contributed by atoms with Crippen LogP contribution in [0.1, 0.15) is 36.1 Å². The van der Waals surface area contributed by atoms with Crippen molar-refractivity contribution in [3.05, 3.63) is 47.0 Å². The van der Waals surface area contributed by atoms with Gasteiger partial charge in [-0.05, 0) is 35.9 Å². The van der Waals surface area contributed by atoms with E-state index in [1.807, 2.05) is 6.07 Å². The van der Waals surface area contributed by atoms with E-state index in [0.717, 1.165) is 42.4 Å². The lowest BCUT2D eigenvalue weighted by Gasteiger charge is -2.23. The Labute approximate surface area is 161 Å². The first kappa shape index (κ1) is 19.1. The maximum absolute atomic E-state index is 5.51. The van der Waals surface area contributed by atoms with Crippen LogP contribution in [0.3, 0.4) is 0 Å². The topological polar surface area (TPSA) is 39.9 Å².